The predicted octanol–water partition coefficient (Wildman–Crippen LogP) is 2.98. The zero-order chi connectivity index (χ0) is 23.8. The van der Waals surface area contributed by atoms with Crippen molar-refractivity contribution >= 4 is 11.6 Å². The average Bonchev–Trinajstić information content (AvgIpc) is 3.54. The van der Waals surface area contributed by atoms with E-state index in [0.29, 0.717) is 37.7 Å². The zero-order valence-corrected chi connectivity index (χ0v) is 18.7. The van der Waals surface area contributed by atoms with Crippen molar-refractivity contribution in [1.82, 2.24) is 10.3 Å². The van der Waals surface area contributed by atoms with E-state index >= 15 is 0 Å². The molecule has 1 aliphatic carbocycles. The van der Waals surface area contributed by atoms with Crippen LogP contribution in [-0.4, -0.2) is 49.3 Å². The van der Waals surface area contributed by atoms with Crippen molar-refractivity contribution in [3.8, 4) is 17.2 Å². The molecule has 2 heterocycles. The van der Waals surface area contributed by atoms with Gasteiger partial charge in [-0.05, 0) is 49.8 Å². The summed E-state index contributed by atoms with van der Waals surface area (Å²) < 4.78 is 33.5. The number of carbonyl (C=O) groups excluding carboxylic acids is 1. The lowest BCUT2D eigenvalue weighted by molar-refractivity contribution is 0.0936. The fourth-order valence-corrected chi connectivity index (χ4v) is 4.54. The number of nitrogens with one attached hydrogen (secondary N) is 1. The second-order valence-corrected chi connectivity index (χ2v) is 9.08. The zero-order valence-electron chi connectivity index (χ0n) is 18.7. The lowest BCUT2D eigenvalue weighted by Crippen LogP contribution is -2.47. The van der Waals surface area contributed by atoms with Crippen LogP contribution >= 0.6 is 0 Å². The van der Waals surface area contributed by atoms with E-state index in [1.165, 1.54) is 6.20 Å². The molecule has 0 bridgehead atoms. The monoisotopic (exact) mass is 455 g/mol. The first-order valence-corrected chi connectivity index (χ1v) is 11.0. The minimum atomic E-state index is -0.786. The first kappa shape index (κ1) is 23.1. The van der Waals surface area contributed by atoms with E-state index in [1.807, 2.05) is 17.9 Å². The lowest BCUT2D eigenvalue weighted by atomic mass is 9.97. The molecule has 4 rings (SSSR count). The van der Waals surface area contributed by atoms with E-state index in [4.69, 9.17) is 10.5 Å². The van der Waals surface area contributed by atoms with Crippen LogP contribution in [0.2, 0.25) is 0 Å². The molecule has 174 valence electrons. The number of methoxy groups -OCH3 is 1. The summed E-state index contributed by atoms with van der Waals surface area (Å²) in [6.07, 6.45) is 4.07. The van der Waals surface area contributed by atoms with Crippen LogP contribution < -0.4 is 16.0 Å². The van der Waals surface area contributed by atoms with Crippen molar-refractivity contribution in [3.63, 3.8) is 0 Å². The summed E-state index contributed by atoms with van der Waals surface area (Å²) in [7, 11) is 1.57. The third-order valence-corrected chi connectivity index (χ3v) is 6.37. The Labute approximate surface area is 191 Å². The van der Waals surface area contributed by atoms with Crippen LogP contribution in [0, 0.1) is 28.9 Å². The third-order valence-electron chi connectivity index (χ3n) is 6.37. The molecule has 2 aromatic rings. The number of pyridine rings is 1. The molecule has 1 aromatic carbocycles. The molecule has 1 saturated heterocycles. The first-order valence-electron chi connectivity index (χ1n) is 11.0. The number of amides is 1. The Morgan fingerprint density at radius 3 is 2.70 bits per heavy atom. The van der Waals surface area contributed by atoms with Crippen LogP contribution in [0.1, 0.15) is 42.2 Å². The maximum atomic E-state index is 14.1. The van der Waals surface area contributed by atoms with E-state index in [2.05, 4.69) is 10.3 Å². The number of aromatic nitrogens is 1. The molecular weight excluding hydrogens is 428 g/mol. The highest BCUT2D eigenvalue weighted by atomic mass is 19.1. The van der Waals surface area contributed by atoms with Gasteiger partial charge >= 0.3 is 0 Å². The van der Waals surface area contributed by atoms with Gasteiger partial charge in [0.05, 0.1) is 23.4 Å². The number of halogens is 2. The molecular formula is C24H27F2N5O2. The van der Waals surface area contributed by atoms with Gasteiger partial charge in [0.1, 0.15) is 23.4 Å². The van der Waals surface area contributed by atoms with Gasteiger partial charge in [0.2, 0.25) is 0 Å². The fourth-order valence-electron chi connectivity index (χ4n) is 4.54. The molecule has 9 heteroatoms. The molecule has 7 nitrogen and oxygen atoms in total. The highest BCUT2D eigenvalue weighted by Gasteiger charge is 2.38. The van der Waals surface area contributed by atoms with Crippen LogP contribution in [0.3, 0.4) is 0 Å². The minimum absolute atomic E-state index is 0.0169. The van der Waals surface area contributed by atoms with Crippen molar-refractivity contribution in [2.24, 2.45) is 11.7 Å². The third kappa shape index (κ3) is 4.82. The summed E-state index contributed by atoms with van der Waals surface area (Å²) in [4.78, 5) is 19.4. The summed E-state index contributed by atoms with van der Waals surface area (Å²) in [6, 6.07) is 5.03. The standard InChI is InChI=1S/C24H27F2N5O2/c1-14(15-3-4-15)30-23(32)19-11-29-20(10-27)21(16-7-17(25)9-18(26)8-16)22(19)31-6-5-24(28,12-31)13-33-2/h7-9,11,14-15H,3-6,12-13,28H2,1-2H3,(H,30,32)/t14-,24-/m0/s1. The van der Waals surface area contributed by atoms with Crippen LogP contribution in [0.5, 0.6) is 0 Å². The van der Waals surface area contributed by atoms with Crippen LogP contribution in [0.15, 0.2) is 24.4 Å². The smallest absolute Gasteiger partial charge is 0.255 e. The SMILES string of the molecule is COC[C@]1(N)CCN(c2c(C(=O)N[C@@H](C)C3CC3)cnc(C#N)c2-c2cc(F)cc(F)c2)C1. The summed E-state index contributed by atoms with van der Waals surface area (Å²) >= 11 is 0. The van der Waals surface area contributed by atoms with E-state index in [-0.39, 0.29) is 34.3 Å². The topological polar surface area (TPSA) is 104 Å². The number of hydrogen-bond acceptors (Lipinski definition) is 6. The van der Waals surface area contributed by atoms with E-state index in [0.717, 1.165) is 31.0 Å². The van der Waals surface area contributed by atoms with Crippen molar-refractivity contribution in [1.29, 1.82) is 5.26 Å². The second-order valence-electron chi connectivity index (χ2n) is 9.08. The Kier molecular flexibility index (Phi) is 6.32. The molecule has 0 spiro atoms. The van der Waals surface area contributed by atoms with E-state index in [9.17, 15) is 18.8 Å². The normalized spacial score (nSPS) is 21.0. The molecule has 0 radical (unpaired) electrons. The number of hydrogen-bond donors (Lipinski definition) is 2. The van der Waals surface area contributed by atoms with Crippen molar-refractivity contribution in [3.05, 3.63) is 47.3 Å². The van der Waals surface area contributed by atoms with Gasteiger partial charge in [-0.3, -0.25) is 4.79 Å². The number of nitrogens with zero attached hydrogens (tertiary/aromatic N) is 3. The Hall–Kier alpha value is -3.09. The summed E-state index contributed by atoms with van der Waals surface area (Å²) in [5.74, 6) is -1.48. The van der Waals surface area contributed by atoms with Crippen molar-refractivity contribution in [2.75, 3.05) is 31.7 Å². The van der Waals surface area contributed by atoms with Gasteiger partial charge in [-0.2, -0.15) is 5.26 Å². The lowest BCUT2D eigenvalue weighted by Gasteiger charge is -2.28. The maximum Gasteiger partial charge on any atom is 0.255 e. The number of ether oxygens (including phenoxy) is 1. The molecule has 3 N–H and O–H groups in total. The largest absolute Gasteiger partial charge is 0.383 e. The highest BCUT2D eigenvalue weighted by Crippen LogP contribution is 2.40. The molecule has 1 aromatic heterocycles. The number of carbonyl (C=O) groups is 1. The number of anilines is 1. The molecule has 2 fully saturated rings. The Morgan fingerprint density at radius 1 is 1.39 bits per heavy atom. The Bertz CT molecular complexity index is 1090. The van der Waals surface area contributed by atoms with Gasteiger partial charge in [0, 0.05) is 44.1 Å². The molecule has 1 amide bonds. The molecule has 2 aliphatic rings. The van der Waals surface area contributed by atoms with Crippen molar-refractivity contribution < 1.29 is 18.3 Å². The predicted molar refractivity (Wildman–Crippen MR) is 120 cm³/mol. The van der Waals surface area contributed by atoms with Crippen LogP contribution in [0.4, 0.5) is 14.5 Å². The molecule has 1 saturated carbocycles. The van der Waals surface area contributed by atoms with Gasteiger partial charge in [-0.1, -0.05) is 0 Å². The Morgan fingerprint density at radius 2 is 2.09 bits per heavy atom. The molecule has 2 atom stereocenters. The minimum Gasteiger partial charge on any atom is -0.383 e. The highest BCUT2D eigenvalue weighted by molar-refractivity contribution is 6.04. The first-order chi connectivity index (χ1) is 15.7. The number of nitriles is 1. The van der Waals surface area contributed by atoms with Crippen LogP contribution in [-0.2, 0) is 4.74 Å². The summed E-state index contributed by atoms with van der Waals surface area (Å²) in [6.45, 7) is 3.09. The maximum absolute atomic E-state index is 14.1. The van der Waals surface area contributed by atoms with Gasteiger partial charge in [0.25, 0.3) is 5.91 Å². The Balaban J connectivity index is 1.86. The van der Waals surface area contributed by atoms with Crippen LogP contribution in [0.25, 0.3) is 11.1 Å². The van der Waals surface area contributed by atoms with Crippen molar-refractivity contribution in [2.45, 2.75) is 37.8 Å². The quantitative estimate of drug-likeness (QED) is 0.665. The van der Waals surface area contributed by atoms with E-state index < -0.39 is 17.2 Å². The fraction of sp³-hybridized carbons (Fsp3) is 0.458. The molecule has 1 aliphatic heterocycles. The van der Waals surface area contributed by atoms with Gasteiger partial charge in [-0.25, -0.2) is 13.8 Å². The van der Waals surface area contributed by atoms with Gasteiger partial charge in [0.15, 0.2) is 0 Å². The summed E-state index contributed by atoms with van der Waals surface area (Å²) in [5.41, 5.74) is 6.79. The number of benzene rings is 1. The summed E-state index contributed by atoms with van der Waals surface area (Å²) in [5, 5.41) is 12.8. The second kappa shape index (κ2) is 9.04. The van der Waals surface area contributed by atoms with Gasteiger partial charge in [-0.15, -0.1) is 0 Å². The van der Waals surface area contributed by atoms with E-state index in [1.54, 1.807) is 7.11 Å². The van der Waals surface area contributed by atoms with Gasteiger partial charge < -0.3 is 20.7 Å². The number of rotatable bonds is 7. The number of nitrogens with two attached hydrogens (primary N) is 1. The average molecular weight is 456 g/mol. The molecule has 33 heavy (non-hydrogen) atoms. The molecule has 0 unspecified atom stereocenters.